The molecule has 1 atom stereocenters. The van der Waals surface area contributed by atoms with Crippen LogP contribution in [0.5, 0.6) is 0 Å². The van der Waals surface area contributed by atoms with E-state index in [4.69, 9.17) is 4.74 Å². The molecule has 0 aliphatic carbocycles. The second-order valence-electron chi connectivity index (χ2n) is 3.92. The van der Waals surface area contributed by atoms with Crippen LogP contribution in [0.15, 0.2) is 16.8 Å². The fraction of sp³-hybridized carbons (Fsp3) is 0.545. The maximum atomic E-state index is 11.8. The highest BCUT2D eigenvalue weighted by molar-refractivity contribution is 7.07. The van der Waals surface area contributed by atoms with Crippen molar-refractivity contribution in [2.75, 3.05) is 19.7 Å². The highest BCUT2D eigenvalue weighted by atomic mass is 32.1. The fourth-order valence-corrected chi connectivity index (χ4v) is 2.35. The van der Waals surface area contributed by atoms with E-state index >= 15 is 0 Å². The molecule has 2 amide bonds. The second kappa shape index (κ2) is 5.32. The van der Waals surface area contributed by atoms with Crippen molar-refractivity contribution in [2.45, 2.75) is 19.6 Å². The minimum absolute atomic E-state index is 0.00125. The number of carbonyl (C=O) groups excluding carboxylic acids is 1. The van der Waals surface area contributed by atoms with Crippen LogP contribution in [0.2, 0.25) is 0 Å². The fourth-order valence-electron chi connectivity index (χ4n) is 1.69. The third-order valence-corrected chi connectivity index (χ3v) is 3.28. The summed E-state index contributed by atoms with van der Waals surface area (Å²) in [5, 5.41) is 6.97. The summed E-state index contributed by atoms with van der Waals surface area (Å²) in [6.07, 6.45) is 0.139. The Hall–Kier alpha value is -1.07. The first-order valence-electron chi connectivity index (χ1n) is 5.41. The Morgan fingerprint density at radius 1 is 1.75 bits per heavy atom. The van der Waals surface area contributed by atoms with E-state index < -0.39 is 0 Å². The van der Waals surface area contributed by atoms with Crippen molar-refractivity contribution in [1.82, 2.24) is 10.2 Å². The number of ether oxygens (including phenoxy) is 1. The van der Waals surface area contributed by atoms with Crippen molar-refractivity contribution in [3.8, 4) is 0 Å². The Bertz CT molecular complexity index is 340. The van der Waals surface area contributed by atoms with Crippen molar-refractivity contribution in [3.05, 3.63) is 22.4 Å². The minimum atomic E-state index is 0.00125. The quantitative estimate of drug-likeness (QED) is 0.854. The lowest BCUT2D eigenvalue weighted by Crippen LogP contribution is -2.48. The topological polar surface area (TPSA) is 41.6 Å². The zero-order valence-corrected chi connectivity index (χ0v) is 10.1. The van der Waals surface area contributed by atoms with Crippen LogP contribution < -0.4 is 5.32 Å². The Morgan fingerprint density at radius 2 is 2.62 bits per heavy atom. The minimum Gasteiger partial charge on any atom is -0.375 e. The predicted octanol–water partition coefficient (Wildman–Crippen LogP) is 1.68. The Morgan fingerprint density at radius 3 is 3.31 bits per heavy atom. The number of urea groups is 1. The monoisotopic (exact) mass is 240 g/mol. The molecule has 1 fully saturated rings. The van der Waals surface area contributed by atoms with E-state index in [1.165, 1.54) is 0 Å². The van der Waals surface area contributed by atoms with Crippen LogP contribution in [-0.2, 0) is 11.3 Å². The molecule has 1 aliphatic heterocycles. The van der Waals surface area contributed by atoms with Gasteiger partial charge >= 0.3 is 6.03 Å². The average Bonchev–Trinajstić information content (AvgIpc) is 2.78. The van der Waals surface area contributed by atoms with Gasteiger partial charge in [0, 0.05) is 19.6 Å². The van der Waals surface area contributed by atoms with Crippen molar-refractivity contribution < 1.29 is 9.53 Å². The largest absolute Gasteiger partial charge is 0.375 e. The lowest BCUT2D eigenvalue weighted by atomic mass is 10.3. The zero-order chi connectivity index (χ0) is 11.4. The van der Waals surface area contributed by atoms with Crippen LogP contribution in [0.25, 0.3) is 0 Å². The molecule has 1 N–H and O–H groups in total. The van der Waals surface area contributed by atoms with E-state index in [0.29, 0.717) is 26.2 Å². The molecule has 16 heavy (non-hydrogen) atoms. The van der Waals surface area contributed by atoms with Crippen molar-refractivity contribution in [1.29, 1.82) is 0 Å². The number of amides is 2. The van der Waals surface area contributed by atoms with Crippen LogP contribution in [0.3, 0.4) is 0 Å². The average molecular weight is 240 g/mol. The number of hydrogen-bond acceptors (Lipinski definition) is 3. The van der Waals surface area contributed by atoms with Gasteiger partial charge in [-0.15, -0.1) is 0 Å². The number of rotatable bonds is 2. The first kappa shape index (κ1) is 11.4. The molecule has 1 aromatic heterocycles. The normalized spacial score (nSPS) is 20.8. The standard InChI is InChI=1S/C11H16N2O2S/c1-9-7-13(3-4-15-9)11(14)12-6-10-2-5-16-8-10/h2,5,8-9H,3-4,6-7H2,1H3,(H,12,14)/t9-/m1/s1. The predicted molar refractivity (Wildman–Crippen MR) is 63.5 cm³/mol. The van der Waals surface area contributed by atoms with Gasteiger partial charge in [0.2, 0.25) is 0 Å². The number of nitrogens with zero attached hydrogens (tertiary/aromatic N) is 1. The third kappa shape index (κ3) is 2.96. The van der Waals surface area contributed by atoms with E-state index in [-0.39, 0.29) is 12.1 Å². The highest BCUT2D eigenvalue weighted by Gasteiger charge is 2.20. The molecule has 0 unspecified atom stereocenters. The van der Waals surface area contributed by atoms with Gasteiger partial charge in [0.1, 0.15) is 0 Å². The van der Waals surface area contributed by atoms with E-state index in [1.807, 2.05) is 23.8 Å². The summed E-state index contributed by atoms with van der Waals surface area (Å²) >= 11 is 1.64. The number of thiophene rings is 1. The molecule has 5 heteroatoms. The van der Waals surface area contributed by atoms with Crippen LogP contribution >= 0.6 is 11.3 Å². The Labute approximate surface area is 99.2 Å². The van der Waals surface area contributed by atoms with Crippen LogP contribution in [-0.4, -0.2) is 36.7 Å². The van der Waals surface area contributed by atoms with E-state index in [1.54, 1.807) is 16.2 Å². The van der Waals surface area contributed by atoms with E-state index in [0.717, 1.165) is 5.56 Å². The molecule has 1 saturated heterocycles. The summed E-state index contributed by atoms with van der Waals surface area (Å²) in [7, 11) is 0. The molecule has 88 valence electrons. The molecular formula is C11H16N2O2S. The summed E-state index contributed by atoms with van der Waals surface area (Å²) < 4.78 is 5.39. The van der Waals surface area contributed by atoms with Gasteiger partial charge in [0.15, 0.2) is 0 Å². The Kier molecular flexibility index (Phi) is 3.79. The van der Waals surface area contributed by atoms with Gasteiger partial charge < -0.3 is 15.0 Å². The highest BCUT2D eigenvalue weighted by Crippen LogP contribution is 2.07. The number of morpholine rings is 1. The smallest absolute Gasteiger partial charge is 0.317 e. The number of nitrogens with one attached hydrogen (secondary N) is 1. The third-order valence-electron chi connectivity index (χ3n) is 2.55. The van der Waals surface area contributed by atoms with Gasteiger partial charge in [0.05, 0.1) is 12.7 Å². The van der Waals surface area contributed by atoms with Gasteiger partial charge in [-0.05, 0) is 29.3 Å². The maximum Gasteiger partial charge on any atom is 0.317 e. The molecule has 2 rings (SSSR count). The van der Waals surface area contributed by atoms with Gasteiger partial charge in [-0.2, -0.15) is 11.3 Å². The molecule has 0 saturated carbocycles. The molecule has 1 aromatic rings. The van der Waals surface area contributed by atoms with Crippen LogP contribution in [0, 0.1) is 0 Å². The maximum absolute atomic E-state index is 11.8. The molecule has 0 spiro atoms. The molecular weight excluding hydrogens is 224 g/mol. The second-order valence-corrected chi connectivity index (χ2v) is 4.70. The number of hydrogen-bond donors (Lipinski definition) is 1. The molecule has 2 heterocycles. The van der Waals surface area contributed by atoms with Crippen molar-refractivity contribution in [2.24, 2.45) is 0 Å². The molecule has 0 bridgehead atoms. The summed E-state index contributed by atoms with van der Waals surface area (Å²) in [5.74, 6) is 0. The van der Waals surface area contributed by atoms with Gasteiger partial charge in [-0.25, -0.2) is 4.79 Å². The van der Waals surface area contributed by atoms with Crippen molar-refractivity contribution >= 4 is 17.4 Å². The van der Waals surface area contributed by atoms with Crippen LogP contribution in [0.1, 0.15) is 12.5 Å². The van der Waals surface area contributed by atoms with Crippen molar-refractivity contribution in [3.63, 3.8) is 0 Å². The first-order valence-corrected chi connectivity index (χ1v) is 6.35. The summed E-state index contributed by atoms with van der Waals surface area (Å²) in [6, 6.07) is 2.02. The number of carbonyl (C=O) groups is 1. The zero-order valence-electron chi connectivity index (χ0n) is 9.31. The lowest BCUT2D eigenvalue weighted by molar-refractivity contribution is -0.00351. The summed E-state index contributed by atoms with van der Waals surface area (Å²) in [6.45, 7) is 4.58. The SMILES string of the molecule is C[C@@H]1CN(C(=O)NCc2ccsc2)CCO1. The van der Waals surface area contributed by atoms with Gasteiger partial charge in [-0.3, -0.25) is 0 Å². The summed E-state index contributed by atoms with van der Waals surface area (Å²) in [5.41, 5.74) is 1.15. The molecule has 0 radical (unpaired) electrons. The Balaban J connectivity index is 1.79. The molecule has 1 aliphatic rings. The van der Waals surface area contributed by atoms with E-state index in [9.17, 15) is 4.79 Å². The van der Waals surface area contributed by atoms with Crippen LogP contribution in [0.4, 0.5) is 4.79 Å². The van der Waals surface area contributed by atoms with Gasteiger partial charge in [-0.1, -0.05) is 0 Å². The first-order chi connectivity index (χ1) is 7.75. The van der Waals surface area contributed by atoms with Gasteiger partial charge in [0.25, 0.3) is 0 Å². The van der Waals surface area contributed by atoms with E-state index in [2.05, 4.69) is 5.32 Å². The summed E-state index contributed by atoms with van der Waals surface area (Å²) in [4.78, 5) is 13.6. The lowest BCUT2D eigenvalue weighted by Gasteiger charge is -2.31. The molecule has 4 nitrogen and oxygen atoms in total. The molecule has 0 aromatic carbocycles.